The molecule has 9 nitrogen and oxygen atoms in total. The Morgan fingerprint density at radius 2 is 1.72 bits per heavy atom. The molecule has 0 radical (unpaired) electrons. The number of hydrogen-bond donors (Lipinski definition) is 3. The number of hydrogen-bond acceptors (Lipinski definition) is 6. The highest BCUT2D eigenvalue weighted by molar-refractivity contribution is 7.89. The maximum atomic E-state index is 12.5. The number of benzene rings is 2. The van der Waals surface area contributed by atoms with E-state index in [-0.39, 0.29) is 16.2 Å². The van der Waals surface area contributed by atoms with Gasteiger partial charge in [-0.15, -0.1) is 4.83 Å². The Morgan fingerprint density at radius 1 is 1.00 bits per heavy atom. The van der Waals surface area contributed by atoms with Gasteiger partial charge in [-0.25, -0.2) is 13.2 Å². The van der Waals surface area contributed by atoms with Crippen molar-refractivity contribution in [3.8, 4) is 11.5 Å². The number of sulfonamides is 1. The smallest absolute Gasteiger partial charge is 0.341 e. The molecule has 0 aliphatic heterocycles. The molecule has 0 atom stereocenters. The van der Waals surface area contributed by atoms with Gasteiger partial charge >= 0.3 is 5.97 Å². The van der Waals surface area contributed by atoms with Gasteiger partial charge in [0.2, 0.25) is 0 Å². The van der Waals surface area contributed by atoms with Gasteiger partial charge in [0.15, 0.2) is 6.61 Å². The van der Waals surface area contributed by atoms with Gasteiger partial charge in [0.25, 0.3) is 15.9 Å². The van der Waals surface area contributed by atoms with Crippen LogP contribution in [0.4, 0.5) is 0 Å². The third-order valence-corrected chi connectivity index (χ3v) is 5.74. The number of aryl methyl sites for hydroxylation is 1. The highest BCUT2D eigenvalue weighted by Crippen LogP contribution is 2.21. The number of carboxylic acid groups (broad SMARTS) is 1. The Bertz CT molecular complexity index is 1020. The van der Waals surface area contributed by atoms with E-state index >= 15 is 0 Å². The summed E-state index contributed by atoms with van der Waals surface area (Å²) in [6.45, 7) is 3.79. The average molecular weight is 465 g/mol. The monoisotopic (exact) mass is 464 g/mol. The Hall–Kier alpha value is -3.11. The second kappa shape index (κ2) is 12.1. The molecule has 2 rings (SSSR count). The first-order valence-corrected chi connectivity index (χ1v) is 11.7. The van der Waals surface area contributed by atoms with Crippen LogP contribution < -0.4 is 19.7 Å². The predicted molar refractivity (Wildman–Crippen MR) is 118 cm³/mol. The normalized spacial score (nSPS) is 11.1. The zero-order valence-corrected chi connectivity index (χ0v) is 18.9. The minimum atomic E-state index is -4.04. The van der Waals surface area contributed by atoms with Crippen LogP contribution in [0.15, 0.2) is 47.4 Å². The summed E-state index contributed by atoms with van der Waals surface area (Å²) in [7, 11) is -4.04. The Kier molecular flexibility index (Phi) is 9.48. The van der Waals surface area contributed by atoms with Crippen LogP contribution in [-0.2, 0) is 14.8 Å². The van der Waals surface area contributed by atoms with E-state index in [1.54, 1.807) is 31.2 Å². The van der Waals surface area contributed by atoms with Crippen molar-refractivity contribution in [2.75, 3.05) is 13.2 Å². The molecule has 0 spiro atoms. The molecule has 1 amide bonds. The molecule has 3 N–H and O–H groups in total. The highest BCUT2D eigenvalue weighted by atomic mass is 32.2. The summed E-state index contributed by atoms with van der Waals surface area (Å²) >= 11 is 0. The van der Waals surface area contributed by atoms with Crippen molar-refractivity contribution < 1.29 is 32.6 Å². The van der Waals surface area contributed by atoms with E-state index in [4.69, 9.17) is 14.6 Å². The molecule has 0 aliphatic carbocycles. The summed E-state index contributed by atoms with van der Waals surface area (Å²) < 4.78 is 35.6. The Labute approximate surface area is 187 Å². The second-order valence-electron chi connectivity index (χ2n) is 7.10. The molecule has 0 heterocycles. The number of ether oxygens (including phenoxy) is 2. The molecule has 0 unspecified atom stereocenters. The lowest BCUT2D eigenvalue weighted by Gasteiger charge is -2.12. The third kappa shape index (κ3) is 7.86. The van der Waals surface area contributed by atoms with E-state index in [0.717, 1.165) is 19.3 Å². The van der Waals surface area contributed by atoms with Crippen molar-refractivity contribution in [3.05, 3.63) is 53.6 Å². The average Bonchev–Trinajstić information content (AvgIpc) is 2.77. The number of carbonyl (C=O) groups is 2. The zero-order chi connectivity index (χ0) is 23.6. The van der Waals surface area contributed by atoms with Gasteiger partial charge in [0.1, 0.15) is 11.5 Å². The van der Waals surface area contributed by atoms with Crippen LogP contribution in [0.1, 0.15) is 48.5 Å². The minimum Gasteiger partial charge on any atom is -0.494 e. The minimum absolute atomic E-state index is 0.107. The molecule has 174 valence electrons. The molecule has 0 fully saturated rings. The lowest BCUT2D eigenvalue weighted by atomic mass is 10.2. The summed E-state index contributed by atoms with van der Waals surface area (Å²) in [4.78, 5) is 24.8. The number of aliphatic carboxylic acids is 1. The molecule has 0 bridgehead atoms. The van der Waals surface area contributed by atoms with Crippen LogP contribution in [0.2, 0.25) is 0 Å². The highest BCUT2D eigenvalue weighted by Gasteiger charge is 2.17. The quantitative estimate of drug-likeness (QED) is 0.307. The number of amides is 1. The van der Waals surface area contributed by atoms with E-state index in [2.05, 4.69) is 12.3 Å². The van der Waals surface area contributed by atoms with Gasteiger partial charge < -0.3 is 14.6 Å². The number of unbranched alkanes of at least 4 members (excludes halogenated alkanes) is 3. The van der Waals surface area contributed by atoms with E-state index in [1.807, 2.05) is 4.83 Å². The molecular formula is C22H28N2O7S. The van der Waals surface area contributed by atoms with Crippen LogP contribution in [0.5, 0.6) is 11.5 Å². The first-order valence-electron chi connectivity index (χ1n) is 10.2. The van der Waals surface area contributed by atoms with Gasteiger partial charge in [0, 0.05) is 5.56 Å². The SMILES string of the molecule is CCCCCCOc1ccc(C(=O)NNS(=O)(=O)c2ccc(OCC(=O)O)c(C)c2)cc1. The largest absolute Gasteiger partial charge is 0.494 e. The molecule has 2 aromatic carbocycles. The van der Waals surface area contributed by atoms with Crippen molar-refractivity contribution >= 4 is 21.9 Å². The molecule has 2 aromatic rings. The van der Waals surface area contributed by atoms with Crippen LogP contribution >= 0.6 is 0 Å². The van der Waals surface area contributed by atoms with Crippen LogP contribution in [0, 0.1) is 6.92 Å². The maximum Gasteiger partial charge on any atom is 0.341 e. The summed E-state index contributed by atoms with van der Waals surface area (Å²) in [5.74, 6) is -0.874. The lowest BCUT2D eigenvalue weighted by molar-refractivity contribution is -0.139. The Morgan fingerprint density at radius 3 is 2.34 bits per heavy atom. The first-order chi connectivity index (χ1) is 15.2. The number of hydrazine groups is 1. The number of rotatable bonds is 13. The van der Waals surface area contributed by atoms with Crippen molar-refractivity contribution in [3.63, 3.8) is 0 Å². The molecular weight excluding hydrogens is 436 g/mol. The van der Waals surface area contributed by atoms with Crippen molar-refractivity contribution in [1.82, 2.24) is 10.3 Å². The van der Waals surface area contributed by atoms with Gasteiger partial charge in [0.05, 0.1) is 11.5 Å². The molecule has 0 saturated heterocycles. The van der Waals surface area contributed by atoms with Gasteiger partial charge in [-0.1, -0.05) is 26.2 Å². The predicted octanol–water partition coefficient (Wildman–Crippen LogP) is 3.04. The summed E-state index contributed by atoms with van der Waals surface area (Å²) in [6.07, 6.45) is 4.39. The van der Waals surface area contributed by atoms with Crippen molar-refractivity contribution in [1.29, 1.82) is 0 Å². The van der Waals surface area contributed by atoms with Crippen molar-refractivity contribution in [2.24, 2.45) is 0 Å². The second-order valence-corrected chi connectivity index (χ2v) is 8.79. The fourth-order valence-electron chi connectivity index (χ4n) is 2.76. The first kappa shape index (κ1) is 25.2. The molecule has 32 heavy (non-hydrogen) atoms. The van der Waals surface area contributed by atoms with Gasteiger partial charge in [-0.3, -0.25) is 10.2 Å². The zero-order valence-electron chi connectivity index (χ0n) is 18.1. The van der Waals surface area contributed by atoms with E-state index in [1.165, 1.54) is 24.6 Å². The van der Waals surface area contributed by atoms with Crippen molar-refractivity contribution in [2.45, 2.75) is 44.4 Å². The number of carboxylic acids is 1. The molecule has 0 aromatic heterocycles. The maximum absolute atomic E-state index is 12.5. The molecule has 0 saturated carbocycles. The molecule has 0 aliphatic rings. The fraction of sp³-hybridized carbons (Fsp3) is 0.364. The van der Waals surface area contributed by atoms with E-state index < -0.39 is 28.5 Å². The standard InChI is InChI=1S/C22H28N2O7S/c1-3-4-5-6-13-30-18-9-7-17(8-10-18)22(27)23-24-32(28,29)19-11-12-20(16(2)14-19)31-15-21(25)26/h7-12,14,24H,3-6,13,15H2,1-2H3,(H,23,27)(H,25,26). The van der Waals surface area contributed by atoms with Crippen LogP contribution in [-0.4, -0.2) is 38.6 Å². The van der Waals surface area contributed by atoms with Crippen LogP contribution in [0.25, 0.3) is 0 Å². The van der Waals surface area contributed by atoms with Gasteiger partial charge in [-0.05, 0) is 61.4 Å². The topological polar surface area (TPSA) is 131 Å². The lowest BCUT2D eigenvalue weighted by Crippen LogP contribution is -2.41. The van der Waals surface area contributed by atoms with Crippen LogP contribution in [0.3, 0.4) is 0 Å². The Balaban J connectivity index is 1.91. The summed E-state index contributed by atoms with van der Waals surface area (Å²) in [5, 5.41) is 8.67. The molecule has 10 heteroatoms. The summed E-state index contributed by atoms with van der Waals surface area (Å²) in [5.41, 5.74) is 2.87. The summed E-state index contributed by atoms with van der Waals surface area (Å²) in [6, 6.07) is 10.3. The number of carbonyl (C=O) groups excluding carboxylic acids is 1. The third-order valence-electron chi connectivity index (χ3n) is 4.49. The number of nitrogens with one attached hydrogen (secondary N) is 2. The van der Waals surface area contributed by atoms with E-state index in [9.17, 15) is 18.0 Å². The fourth-order valence-corrected chi connectivity index (χ4v) is 3.68. The van der Waals surface area contributed by atoms with Gasteiger partial charge in [-0.2, -0.15) is 0 Å². The van der Waals surface area contributed by atoms with E-state index in [0.29, 0.717) is 17.9 Å².